The highest BCUT2D eigenvalue weighted by Gasteiger charge is 2.22. The SMILES string of the molecule is CC(C(N)c1c[c]ccc1)N1CCCCC1. The van der Waals surface area contributed by atoms with Gasteiger partial charge in [0.1, 0.15) is 0 Å². The van der Waals surface area contributed by atoms with Crippen LogP contribution in [-0.2, 0) is 0 Å². The van der Waals surface area contributed by atoms with Gasteiger partial charge in [-0.05, 0) is 50.6 Å². The zero-order chi connectivity index (χ0) is 11.4. The fraction of sp³-hybridized carbons (Fsp3) is 0.571. The van der Waals surface area contributed by atoms with Crippen LogP contribution in [0.3, 0.4) is 0 Å². The molecule has 1 aliphatic heterocycles. The molecule has 2 unspecified atom stereocenters. The van der Waals surface area contributed by atoms with Crippen LogP contribution in [0, 0.1) is 6.07 Å². The van der Waals surface area contributed by atoms with Crippen LogP contribution in [0.5, 0.6) is 0 Å². The predicted octanol–water partition coefficient (Wildman–Crippen LogP) is 2.36. The van der Waals surface area contributed by atoms with Gasteiger partial charge in [0.25, 0.3) is 0 Å². The van der Waals surface area contributed by atoms with E-state index in [0.29, 0.717) is 6.04 Å². The molecule has 1 radical (unpaired) electrons. The number of piperidine rings is 1. The first-order chi connectivity index (χ1) is 7.79. The molecule has 1 fully saturated rings. The Morgan fingerprint density at radius 1 is 1.31 bits per heavy atom. The molecule has 87 valence electrons. The lowest BCUT2D eigenvalue weighted by molar-refractivity contribution is 0.154. The van der Waals surface area contributed by atoms with Crippen molar-refractivity contribution in [2.45, 2.75) is 38.3 Å². The number of hydrogen-bond donors (Lipinski definition) is 1. The molecule has 1 aromatic carbocycles. The molecule has 0 saturated carbocycles. The second-order valence-electron chi connectivity index (χ2n) is 4.70. The number of rotatable bonds is 3. The molecule has 1 saturated heterocycles. The third-order valence-corrected chi connectivity index (χ3v) is 3.60. The molecule has 0 aliphatic carbocycles. The Morgan fingerprint density at radius 2 is 2.06 bits per heavy atom. The fourth-order valence-corrected chi connectivity index (χ4v) is 2.45. The monoisotopic (exact) mass is 217 g/mol. The van der Waals surface area contributed by atoms with Crippen LogP contribution < -0.4 is 5.73 Å². The molecule has 2 heteroatoms. The third-order valence-electron chi connectivity index (χ3n) is 3.60. The molecule has 0 spiro atoms. The van der Waals surface area contributed by atoms with Crippen LogP contribution in [0.15, 0.2) is 24.3 Å². The molecule has 1 aromatic rings. The van der Waals surface area contributed by atoms with Gasteiger partial charge >= 0.3 is 0 Å². The van der Waals surface area contributed by atoms with Gasteiger partial charge in [-0.25, -0.2) is 0 Å². The standard InChI is InChI=1S/C14H21N2/c1-12(16-10-6-3-7-11-16)14(15)13-8-4-2-5-9-13/h2,4,8-9,12,14H,3,6-7,10-11,15H2,1H3. The maximum atomic E-state index is 6.31. The number of nitrogens with zero attached hydrogens (tertiary/aromatic N) is 1. The molecular weight excluding hydrogens is 196 g/mol. The molecule has 2 nitrogen and oxygen atoms in total. The second kappa shape index (κ2) is 5.46. The maximum Gasteiger partial charge on any atom is 0.0450 e. The third kappa shape index (κ3) is 2.63. The van der Waals surface area contributed by atoms with Gasteiger partial charge in [0.2, 0.25) is 0 Å². The molecule has 0 aromatic heterocycles. The Balaban J connectivity index is 2.00. The van der Waals surface area contributed by atoms with E-state index in [9.17, 15) is 0 Å². The molecule has 2 atom stereocenters. The summed E-state index contributed by atoms with van der Waals surface area (Å²) in [5, 5.41) is 0. The smallest absolute Gasteiger partial charge is 0.0450 e. The van der Waals surface area contributed by atoms with E-state index in [1.807, 2.05) is 18.2 Å². The van der Waals surface area contributed by atoms with Crippen molar-refractivity contribution in [2.24, 2.45) is 5.73 Å². The summed E-state index contributed by atoms with van der Waals surface area (Å²) in [5.74, 6) is 0. The van der Waals surface area contributed by atoms with E-state index < -0.39 is 0 Å². The normalized spacial score (nSPS) is 21.6. The van der Waals surface area contributed by atoms with Gasteiger partial charge in [-0.3, -0.25) is 4.90 Å². The van der Waals surface area contributed by atoms with Crippen molar-refractivity contribution >= 4 is 0 Å². The van der Waals surface area contributed by atoms with Crippen LogP contribution in [0.4, 0.5) is 0 Å². The molecule has 1 aliphatic rings. The molecule has 2 rings (SSSR count). The summed E-state index contributed by atoms with van der Waals surface area (Å²) in [6.07, 6.45) is 4.01. The number of nitrogens with two attached hydrogens (primary N) is 1. The van der Waals surface area contributed by atoms with Gasteiger partial charge in [-0.1, -0.05) is 24.6 Å². The Bertz CT molecular complexity index is 304. The van der Waals surface area contributed by atoms with Gasteiger partial charge < -0.3 is 5.73 Å². The minimum atomic E-state index is 0.107. The summed E-state index contributed by atoms with van der Waals surface area (Å²) in [4.78, 5) is 2.52. The summed E-state index contributed by atoms with van der Waals surface area (Å²) < 4.78 is 0. The van der Waals surface area contributed by atoms with Crippen molar-refractivity contribution in [3.8, 4) is 0 Å². The lowest BCUT2D eigenvalue weighted by Gasteiger charge is -2.35. The molecule has 1 heterocycles. The molecule has 0 bridgehead atoms. The summed E-state index contributed by atoms with van der Waals surface area (Å²) in [7, 11) is 0. The van der Waals surface area contributed by atoms with Gasteiger partial charge in [0.15, 0.2) is 0 Å². The summed E-state index contributed by atoms with van der Waals surface area (Å²) in [5.41, 5.74) is 7.50. The summed E-state index contributed by atoms with van der Waals surface area (Å²) in [6, 6.07) is 11.7. The van der Waals surface area contributed by atoms with E-state index in [1.54, 1.807) is 0 Å². The average Bonchev–Trinajstić information content (AvgIpc) is 2.39. The van der Waals surface area contributed by atoms with Gasteiger partial charge in [0.05, 0.1) is 0 Å². The van der Waals surface area contributed by atoms with Crippen molar-refractivity contribution in [1.29, 1.82) is 0 Å². The van der Waals surface area contributed by atoms with Crippen LogP contribution >= 0.6 is 0 Å². The second-order valence-corrected chi connectivity index (χ2v) is 4.70. The van der Waals surface area contributed by atoms with E-state index in [2.05, 4.69) is 24.0 Å². The van der Waals surface area contributed by atoms with Crippen molar-refractivity contribution in [2.75, 3.05) is 13.1 Å². The van der Waals surface area contributed by atoms with Crippen LogP contribution in [0.1, 0.15) is 37.8 Å². The van der Waals surface area contributed by atoms with Gasteiger partial charge in [0, 0.05) is 12.1 Å². The highest BCUT2D eigenvalue weighted by Crippen LogP contribution is 2.21. The minimum absolute atomic E-state index is 0.107. The lowest BCUT2D eigenvalue weighted by atomic mass is 9.98. The van der Waals surface area contributed by atoms with Crippen molar-refractivity contribution < 1.29 is 0 Å². The van der Waals surface area contributed by atoms with Crippen LogP contribution in [0.25, 0.3) is 0 Å². The largest absolute Gasteiger partial charge is 0.323 e. The highest BCUT2D eigenvalue weighted by molar-refractivity contribution is 5.19. The Morgan fingerprint density at radius 3 is 2.69 bits per heavy atom. The van der Waals surface area contributed by atoms with Gasteiger partial charge in [-0.2, -0.15) is 0 Å². The van der Waals surface area contributed by atoms with E-state index >= 15 is 0 Å². The zero-order valence-corrected chi connectivity index (χ0v) is 10.0. The van der Waals surface area contributed by atoms with Crippen molar-refractivity contribution in [3.63, 3.8) is 0 Å². The van der Waals surface area contributed by atoms with Gasteiger partial charge in [-0.15, -0.1) is 0 Å². The zero-order valence-electron chi connectivity index (χ0n) is 10.0. The quantitative estimate of drug-likeness (QED) is 0.842. The maximum absolute atomic E-state index is 6.31. The predicted molar refractivity (Wildman–Crippen MR) is 67.1 cm³/mol. The van der Waals surface area contributed by atoms with Crippen LogP contribution in [0.2, 0.25) is 0 Å². The molecule has 16 heavy (non-hydrogen) atoms. The van der Waals surface area contributed by atoms with Crippen molar-refractivity contribution in [3.05, 3.63) is 35.9 Å². The Labute approximate surface area is 98.4 Å². The number of likely N-dealkylation sites (tertiary alicyclic amines) is 1. The first kappa shape index (κ1) is 11.6. The van der Waals surface area contributed by atoms with E-state index in [0.717, 1.165) is 0 Å². The topological polar surface area (TPSA) is 29.3 Å². The Kier molecular flexibility index (Phi) is 3.97. The first-order valence-corrected chi connectivity index (χ1v) is 6.24. The fourth-order valence-electron chi connectivity index (χ4n) is 2.45. The average molecular weight is 217 g/mol. The summed E-state index contributed by atoms with van der Waals surface area (Å²) in [6.45, 7) is 4.64. The number of hydrogen-bond acceptors (Lipinski definition) is 2. The summed E-state index contributed by atoms with van der Waals surface area (Å²) >= 11 is 0. The first-order valence-electron chi connectivity index (χ1n) is 6.24. The van der Waals surface area contributed by atoms with Crippen LogP contribution in [-0.4, -0.2) is 24.0 Å². The lowest BCUT2D eigenvalue weighted by Crippen LogP contribution is -2.43. The molecule has 0 amide bonds. The highest BCUT2D eigenvalue weighted by atomic mass is 15.2. The molecular formula is C14H21N2. The van der Waals surface area contributed by atoms with E-state index in [1.165, 1.54) is 37.9 Å². The van der Waals surface area contributed by atoms with Crippen molar-refractivity contribution in [1.82, 2.24) is 4.90 Å². The Hall–Kier alpha value is -0.860. The van der Waals surface area contributed by atoms with E-state index in [4.69, 9.17) is 5.73 Å². The number of benzene rings is 1. The molecule has 2 N–H and O–H groups in total. The minimum Gasteiger partial charge on any atom is -0.323 e. The van der Waals surface area contributed by atoms with E-state index in [-0.39, 0.29) is 6.04 Å².